The van der Waals surface area contributed by atoms with Crippen molar-refractivity contribution in [2.75, 3.05) is 0 Å². The van der Waals surface area contributed by atoms with Crippen LogP contribution in [-0.4, -0.2) is 39.4 Å². The van der Waals surface area contributed by atoms with E-state index in [2.05, 4.69) is 79.4 Å². The molecule has 1 unspecified atom stereocenters. The van der Waals surface area contributed by atoms with Crippen LogP contribution in [0.25, 0.3) is 0 Å². The average Bonchev–Trinajstić information content (AvgIpc) is 3.26. The quantitative estimate of drug-likeness (QED) is 0.120. The standard InChI is InChI=1S/C33H60O4Si2/c1-10-20-27-24-25-30(36-39(11-2,12-3)13-4)29(27)23-18-15-19-26-33(31(34)35,28-21-16-14-17-22-28)37-38(8,9)32(5,6)7/h15,24,26,28-30H,10-14,16-18,20-23,25H2,1-9H3,(H,34,35)/t19?,29-,30+,33?/m1/s1. The van der Waals surface area contributed by atoms with Crippen molar-refractivity contribution in [3.8, 4) is 0 Å². The Morgan fingerprint density at radius 2 is 1.69 bits per heavy atom. The van der Waals surface area contributed by atoms with E-state index < -0.39 is 28.2 Å². The molecular weight excluding hydrogens is 517 g/mol. The van der Waals surface area contributed by atoms with E-state index in [4.69, 9.17) is 8.85 Å². The lowest BCUT2D eigenvalue weighted by Crippen LogP contribution is -2.56. The van der Waals surface area contributed by atoms with Crippen molar-refractivity contribution in [1.29, 1.82) is 0 Å². The zero-order valence-electron chi connectivity index (χ0n) is 26.8. The maximum Gasteiger partial charge on any atom is 0.339 e. The average molecular weight is 577 g/mol. The van der Waals surface area contributed by atoms with Crippen molar-refractivity contribution in [1.82, 2.24) is 0 Å². The summed E-state index contributed by atoms with van der Waals surface area (Å²) in [6.45, 7) is 20.1. The normalized spacial score (nSPS) is 22.6. The number of rotatable bonds is 15. The molecule has 2 aliphatic rings. The van der Waals surface area contributed by atoms with E-state index >= 15 is 0 Å². The highest BCUT2D eigenvalue weighted by Gasteiger charge is 2.52. The van der Waals surface area contributed by atoms with Crippen LogP contribution in [0, 0.1) is 11.8 Å². The SMILES string of the molecule is CCCC1=CC[C@H](O[Si](CC)(CC)CC)[C@@H]1CCC=C=CC(O[Si](C)(C)C(C)(C)C)(C(=O)O)C1CCCCC1. The van der Waals surface area contributed by atoms with Gasteiger partial charge in [0.15, 0.2) is 22.2 Å². The summed E-state index contributed by atoms with van der Waals surface area (Å²) in [5, 5.41) is 10.6. The van der Waals surface area contributed by atoms with Gasteiger partial charge in [-0.05, 0) is 86.9 Å². The molecule has 4 nitrogen and oxygen atoms in total. The molecule has 0 aromatic carbocycles. The maximum absolute atomic E-state index is 13.0. The third-order valence-corrected chi connectivity index (χ3v) is 19.4. The van der Waals surface area contributed by atoms with Crippen LogP contribution in [0.4, 0.5) is 0 Å². The number of carboxylic acids is 1. The molecule has 0 saturated heterocycles. The second kappa shape index (κ2) is 14.8. The zero-order valence-corrected chi connectivity index (χ0v) is 28.8. The lowest BCUT2D eigenvalue weighted by Gasteiger charge is -2.46. The van der Waals surface area contributed by atoms with Gasteiger partial charge in [0.1, 0.15) is 0 Å². The summed E-state index contributed by atoms with van der Waals surface area (Å²) in [4.78, 5) is 13.0. The fourth-order valence-electron chi connectivity index (χ4n) is 6.37. The highest BCUT2D eigenvalue weighted by atomic mass is 28.4. The van der Waals surface area contributed by atoms with Gasteiger partial charge in [0, 0.05) is 11.8 Å². The second-order valence-corrected chi connectivity index (χ2v) is 23.1. The lowest BCUT2D eigenvalue weighted by molar-refractivity contribution is -0.157. The highest BCUT2D eigenvalue weighted by molar-refractivity contribution is 6.74. The van der Waals surface area contributed by atoms with Crippen LogP contribution < -0.4 is 0 Å². The summed E-state index contributed by atoms with van der Waals surface area (Å²) >= 11 is 0. The minimum atomic E-state index is -2.32. The molecule has 0 radical (unpaired) electrons. The van der Waals surface area contributed by atoms with Crippen LogP contribution in [0.2, 0.25) is 36.3 Å². The first kappa shape index (κ1) is 34.3. The fourth-order valence-corrected chi connectivity index (χ4v) is 10.7. The molecule has 39 heavy (non-hydrogen) atoms. The molecular formula is C33H60O4Si2. The van der Waals surface area contributed by atoms with E-state index in [0.29, 0.717) is 12.0 Å². The predicted molar refractivity (Wildman–Crippen MR) is 170 cm³/mol. The highest BCUT2D eigenvalue weighted by Crippen LogP contribution is 2.45. The Labute approximate surface area is 243 Å². The van der Waals surface area contributed by atoms with Gasteiger partial charge in [-0.3, -0.25) is 0 Å². The van der Waals surface area contributed by atoms with Gasteiger partial charge in [-0.15, -0.1) is 5.73 Å². The molecule has 224 valence electrons. The topological polar surface area (TPSA) is 55.8 Å². The van der Waals surface area contributed by atoms with Crippen molar-refractivity contribution in [2.45, 2.75) is 161 Å². The van der Waals surface area contributed by atoms with Gasteiger partial charge in [-0.2, -0.15) is 0 Å². The minimum absolute atomic E-state index is 0.000640. The summed E-state index contributed by atoms with van der Waals surface area (Å²) < 4.78 is 13.8. The molecule has 0 heterocycles. The lowest BCUT2D eigenvalue weighted by atomic mass is 9.77. The number of hydrogen-bond acceptors (Lipinski definition) is 3. The van der Waals surface area contributed by atoms with Gasteiger partial charge in [-0.25, -0.2) is 4.79 Å². The van der Waals surface area contributed by atoms with Crippen LogP contribution >= 0.6 is 0 Å². The molecule has 1 N–H and O–H groups in total. The molecule has 0 aromatic heterocycles. The largest absolute Gasteiger partial charge is 0.479 e. The third-order valence-electron chi connectivity index (χ3n) is 10.2. The van der Waals surface area contributed by atoms with Crippen molar-refractivity contribution in [3.05, 3.63) is 29.5 Å². The van der Waals surface area contributed by atoms with Crippen LogP contribution in [0.3, 0.4) is 0 Å². The summed E-state index contributed by atoms with van der Waals surface area (Å²) in [6, 6.07) is 3.55. The van der Waals surface area contributed by atoms with Crippen LogP contribution in [0.5, 0.6) is 0 Å². The van der Waals surface area contributed by atoms with Gasteiger partial charge in [0.25, 0.3) is 0 Å². The summed E-state index contributed by atoms with van der Waals surface area (Å²) in [5.74, 6) is -0.385. The van der Waals surface area contributed by atoms with Crippen LogP contribution in [0.1, 0.15) is 113 Å². The van der Waals surface area contributed by atoms with Gasteiger partial charge >= 0.3 is 5.97 Å². The monoisotopic (exact) mass is 576 g/mol. The fraction of sp³-hybridized carbons (Fsp3) is 0.818. The van der Waals surface area contributed by atoms with E-state index in [1.165, 1.54) is 24.6 Å². The molecule has 0 aromatic rings. The first-order chi connectivity index (χ1) is 18.3. The van der Waals surface area contributed by atoms with E-state index in [-0.39, 0.29) is 11.0 Å². The summed E-state index contributed by atoms with van der Waals surface area (Å²) in [7, 11) is -3.99. The van der Waals surface area contributed by atoms with Gasteiger partial charge in [0.05, 0.1) is 6.10 Å². The molecule has 2 aliphatic carbocycles. The Morgan fingerprint density at radius 1 is 1.08 bits per heavy atom. The minimum Gasteiger partial charge on any atom is -0.479 e. The Kier molecular flexibility index (Phi) is 13.0. The third kappa shape index (κ3) is 8.55. The summed E-state index contributed by atoms with van der Waals surface area (Å²) in [5.41, 5.74) is 3.63. The molecule has 2 rings (SSSR count). The molecule has 0 amide bonds. The molecule has 1 fully saturated rings. The Bertz CT molecular complexity index is 862. The van der Waals surface area contributed by atoms with E-state index in [1.54, 1.807) is 11.6 Å². The van der Waals surface area contributed by atoms with Crippen molar-refractivity contribution in [2.24, 2.45) is 11.8 Å². The molecule has 0 spiro atoms. The smallest absolute Gasteiger partial charge is 0.339 e. The molecule has 1 saturated carbocycles. The molecule has 6 heteroatoms. The molecule has 3 atom stereocenters. The van der Waals surface area contributed by atoms with Crippen LogP contribution in [0.15, 0.2) is 29.5 Å². The van der Waals surface area contributed by atoms with Gasteiger partial charge in [0.2, 0.25) is 0 Å². The summed E-state index contributed by atoms with van der Waals surface area (Å²) in [6.07, 6.45) is 17.0. The van der Waals surface area contributed by atoms with E-state index in [9.17, 15) is 9.90 Å². The first-order valence-corrected chi connectivity index (χ1v) is 21.5. The molecule has 0 aliphatic heterocycles. The predicted octanol–water partition coefficient (Wildman–Crippen LogP) is 10.0. The van der Waals surface area contributed by atoms with Gasteiger partial charge in [-0.1, -0.05) is 85.8 Å². The Balaban J connectivity index is 2.28. The van der Waals surface area contributed by atoms with Gasteiger partial charge < -0.3 is 14.0 Å². The van der Waals surface area contributed by atoms with Crippen molar-refractivity contribution < 1.29 is 18.8 Å². The number of aliphatic carboxylic acids is 1. The first-order valence-electron chi connectivity index (χ1n) is 16.0. The number of hydrogen-bond donors (Lipinski definition) is 1. The number of carboxylic acid groups (broad SMARTS) is 1. The maximum atomic E-state index is 13.0. The Morgan fingerprint density at radius 3 is 2.21 bits per heavy atom. The molecule has 0 bridgehead atoms. The van der Waals surface area contributed by atoms with Crippen molar-refractivity contribution >= 4 is 22.6 Å². The zero-order chi connectivity index (χ0) is 29.3. The van der Waals surface area contributed by atoms with Crippen LogP contribution in [-0.2, 0) is 13.6 Å². The Hall–Kier alpha value is -0.916. The van der Waals surface area contributed by atoms with E-state index in [0.717, 1.165) is 57.8 Å². The van der Waals surface area contributed by atoms with E-state index in [1.807, 2.05) is 0 Å². The number of carbonyl (C=O) groups is 1. The second-order valence-electron chi connectivity index (χ2n) is 13.7. The van der Waals surface area contributed by atoms with Crippen molar-refractivity contribution in [3.63, 3.8) is 0 Å².